The van der Waals surface area contributed by atoms with Crippen molar-refractivity contribution in [2.45, 2.75) is 96.3 Å². The molecule has 2 aromatic carbocycles. The number of carbonyl (C=O) groups is 2. The first-order valence-corrected chi connectivity index (χ1v) is 13.8. The SMILES string of the molecule is Cc1cc([C@@H](C)OC[C@@]2(c3ccccc3)CC[C@H](NC(=O)C(C)(C)NC(=O)OC(C)(C)C)CN2)cc(C(F)(F)F)c1. The van der Waals surface area contributed by atoms with Gasteiger partial charge in [-0.2, -0.15) is 13.2 Å². The minimum atomic E-state index is -4.44. The van der Waals surface area contributed by atoms with Gasteiger partial charge in [-0.3, -0.25) is 4.79 Å². The molecule has 1 saturated heterocycles. The number of rotatable bonds is 8. The van der Waals surface area contributed by atoms with E-state index in [1.165, 1.54) is 0 Å². The molecule has 3 N–H and O–H groups in total. The van der Waals surface area contributed by atoms with Crippen molar-refractivity contribution in [1.29, 1.82) is 0 Å². The van der Waals surface area contributed by atoms with Gasteiger partial charge < -0.3 is 25.4 Å². The van der Waals surface area contributed by atoms with Crippen molar-refractivity contribution in [1.82, 2.24) is 16.0 Å². The van der Waals surface area contributed by atoms with Crippen LogP contribution in [0.15, 0.2) is 48.5 Å². The Morgan fingerprint density at radius 3 is 2.29 bits per heavy atom. The molecule has 1 aliphatic rings. The molecule has 41 heavy (non-hydrogen) atoms. The molecular formula is C31H42F3N3O4. The number of alkyl halides is 3. The van der Waals surface area contributed by atoms with E-state index in [2.05, 4.69) is 16.0 Å². The highest BCUT2D eigenvalue weighted by atomic mass is 19.4. The van der Waals surface area contributed by atoms with E-state index in [1.54, 1.807) is 54.5 Å². The van der Waals surface area contributed by atoms with Gasteiger partial charge in [-0.25, -0.2) is 4.79 Å². The van der Waals surface area contributed by atoms with Crippen LogP contribution in [0.2, 0.25) is 0 Å². The van der Waals surface area contributed by atoms with Crippen molar-refractivity contribution >= 4 is 12.0 Å². The van der Waals surface area contributed by atoms with Crippen LogP contribution in [0.1, 0.15) is 82.7 Å². The minimum Gasteiger partial charge on any atom is -0.444 e. The summed E-state index contributed by atoms with van der Waals surface area (Å²) in [7, 11) is 0. The molecule has 7 nitrogen and oxygen atoms in total. The molecule has 0 aromatic heterocycles. The molecule has 2 amide bonds. The van der Waals surface area contributed by atoms with Crippen molar-refractivity contribution in [3.05, 3.63) is 70.8 Å². The highest BCUT2D eigenvalue weighted by molar-refractivity contribution is 5.89. The Hall–Kier alpha value is -3.11. The summed E-state index contributed by atoms with van der Waals surface area (Å²) in [6, 6.07) is 13.5. The van der Waals surface area contributed by atoms with E-state index in [4.69, 9.17) is 9.47 Å². The van der Waals surface area contributed by atoms with Crippen LogP contribution in [-0.4, -0.2) is 42.3 Å². The Morgan fingerprint density at radius 2 is 1.73 bits per heavy atom. The average Bonchev–Trinajstić information content (AvgIpc) is 2.86. The Kier molecular flexibility index (Phi) is 9.80. The van der Waals surface area contributed by atoms with Gasteiger partial charge >= 0.3 is 12.3 Å². The molecule has 2 aromatic rings. The summed E-state index contributed by atoms with van der Waals surface area (Å²) in [4.78, 5) is 25.3. The first-order valence-electron chi connectivity index (χ1n) is 13.8. The van der Waals surface area contributed by atoms with Gasteiger partial charge in [-0.1, -0.05) is 42.0 Å². The van der Waals surface area contributed by atoms with Crippen LogP contribution in [0.5, 0.6) is 0 Å². The van der Waals surface area contributed by atoms with Crippen molar-refractivity contribution in [3.8, 4) is 0 Å². The van der Waals surface area contributed by atoms with Crippen LogP contribution in [0, 0.1) is 6.92 Å². The predicted molar refractivity (Wildman–Crippen MR) is 151 cm³/mol. The van der Waals surface area contributed by atoms with Crippen LogP contribution in [0.3, 0.4) is 0 Å². The molecule has 0 bridgehead atoms. The Balaban J connectivity index is 1.69. The monoisotopic (exact) mass is 577 g/mol. The number of carbonyl (C=O) groups excluding carboxylic acids is 2. The second-order valence-corrected chi connectivity index (χ2v) is 12.4. The smallest absolute Gasteiger partial charge is 0.416 e. The van der Waals surface area contributed by atoms with Crippen LogP contribution < -0.4 is 16.0 Å². The van der Waals surface area contributed by atoms with Gasteiger partial charge in [0.05, 0.1) is 23.8 Å². The largest absolute Gasteiger partial charge is 0.444 e. The summed E-state index contributed by atoms with van der Waals surface area (Å²) in [5.74, 6) is -0.341. The Bertz CT molecular complexity index is 1200. The highest BCUT2D eigenvalue weighted by Gasteiger charge is 2.40. The van der Waals surface area contributed by atoms with Gasteiger partial charge in [0.1, 0.15) is 11.1 Å². The summed E-state index contributed by atoms with van der Waals surface area (Å²) in [5.41, 5.74) is -1.22. The van der Waals surface area contributed by atoms with Crippen molar-refractivity contribution < 1.29 is 32.2 Å². The first kappa shape index (κ1) is 32.4. The molecule has 1 fully saturated rings. The molecule has 0 radical (unpaired) electrons. The maximum atomic E-state index is 13.4. The van der Waals surface area contributed by atoms with E-state index in [0.29, 0.717) is 30.5 Å². The van der Waals surface area contributed by atoms with Crippen LogP contribution in [0.4, 0.5) is 18.0 Å². The molecule has 1 aliphatic heterocycles. The maximum absolute atomic E-state index is 13.4. The van der Waals surface area contributed by atoms with Crippen LogP contribution in [0.25, 0.3) is 0 Å². The first-order chi connectivity index (χ1) is 18.9. The zero-order valence-electron chi connectivity index (χ0n) is 24.9. The third-order valence-electron chi connectivity index (χ3n) is 7.13. The molecule has 226 valence electrons. The lowest BCUT2D eigenvalue weighted by Crippen LogP contribution is -2.61. The summed E-state index contributed by atoms with van der Waals surface area (Å²) >= 11 is 0. The normalized spacial score (nSPS) is 20.7. The lowest BCUT2D eigenvalue weighted by Gasteiger charge is -2.43. The van der Waals surface area contributed by atoms with E-state index < -0.39 is 40.6 Å². The Morgan fingerprint density at radius 1 is 1.07 bits per heavy atom. The van der Waals surface area contributed by atoms with Crippen LogP contribution >= 0.6 is 0 Å². The molecular weight excluding hydrogens is 535 g/mol. The lowest BCUT2D eigenvalue weighted by atomic mass is 9.81. The molecule has 10 heteroatoms. The summed E-state index contributed by atoms with van der Waals surface area (Å²) in [6.07, 6.45) is -4.46. The number of amides is 2. The van der Waals surface area contributed by atoms with Crippen molar-refractivity contribution in [2.75, 3.05) is 13.2 Å². The molecule has 0 spiro atoms. The Labute approximate surface area is 240 Å². The zero-order valence-corrected chi connectivity index (χ0v) is 24.9. The number of aryl methyl sites for hydroxylation is 1. The van der Waals surface area contributed by atoms with Gasteiger partial charge in [-0.05, 0) is 84.6 Å². The maximum Gasteiger partial charge on any atom is 0.416 e. The highest BCUT2D eigenvalue weighted by Crippen LogP contribution is 2.35. The fourth-order valence-corrected chi connectivity index (χ4v) is 4.82. The van der Waals surface area contributed by atoms with E-state index in [9.17, 15) is 22.8 Å². The second-order valence-electron chi connectivity index (χ2n) is 12.4. The average molecular weight is 578 g/mol. The van der Waals surface area contributed by atoms with Crippen LogP contribution in [-0.2, 0) is 26.0 Å². The number of halogens is 3. The number of hydrogen-bond acceptors (Lipinski definition) is 5. The predicted octanol–water partition coefficient (Wildman–Crippen LogP) is 6.16. The summed E-state index contributed by atoms with van der Waals surface area (Å²) in [5, 5.41) is 9.19. The topological polar surface area (TPSA) is 88.7 Å². The minimum absolute atomic E-state index is 0.206. The number of nitrogens with one attached hydrogen (secondary N) is 3. The number of ether oxygens (including phenoxy) is 2. The van der Waals surface area contributed by atoms with Gasteiger partial charge in [0.15, 0.2) is 0 Å². The van der Waals surface area contributed by atoms with Gasteiger partial charge in [0.25, 0.3) is 0 Å². The number of piperidine rings is 1. The van der Waals surface area contributed by atoms with E-state index in [0.717, 1.165) is 17.7 Å². The van der Waals surface area contributed by atoms with Crippen molar-refractivity contribution in [3.63, 3.8) is 0 Å². The molecule has 0 saturated carbocycles. The van der Waals surface area contributed by atoms with Gasteiger partial charge in [-0.15, -0.1) is 0 Å². The lowest BCUT2D eigenvalue weighted by molar-refractivity contribution is -0.137. The molecule has 3 rings (SSSR count). The molecule has 1 heterocycles. The second kappa shape index (κ2) is 12.4. The fraction of sp³-hybridized carbons (Fsp3) is 0.548. The quantitative estimate of drug-likeness (QED) is 0.350. The van der Waals surface area contributed by atoms with E-state index in [1.807, 2.05) is 30.3 Å². The van der Waals surface area contributed by atoms with Gasteiger partial charge in [0, 0.05) is 12.6 Å². The summed E-state index contributed by atoms with van der Waals surface area (Å²) in [6.45, 7) is 12.5. The third kappa shape index (κ3) is 8.94. The standard InChI is InChI=1S/C31H42F3N3O4/c1-20-15-22(17-24(16-20)31(32,33)34)21(2)40-19-30(23-11-9-8-10-12-23)14-13-25(18-35-30)36-26(38)29(6,7)37-27(39)41-28(3,4)5/h8-12,15-17,21,25,35H,13-14,18-19H2,1-7H3,(H,36,38)(H,37,39)/t21-,25+,30-/m1/s1. The third-order valence-corrected chi connectivity index (χ3v) is 7.13. The van der Waals surface area contributed by atoms with Gasteiger partial charge in [0.2, 0.25) is 5.91 Å². The molecule has 0 aliphatic carbocycles. The van der Waals surface area contributed by atoms with Crippen molar-refractivity contribution in [2.24, 2.45) is 0 Å². The zero-order chi connectivity index (χ0) is 30.6. The fourth-order valence-electron chi connectivity index (χ4n) is 4.82. The molecule has 0 unspecified atom stereocenters. The van der Waals surface area contributed by atoms with E-state index in [-0.39, 0.29) is 18.6 Å². The number of benzene rings is 2. The number of alkyl carbamates (subject to hydrolysis) is 1. The summed E-state index contributed by atoms with van der Waals surface area (Å²) < 4.78 is 51.7. The molecule has 3 atom stereocenters. The number of hydrogen-bond donors (Lipinski definition) is 3. The van der Waals surface area contributed by atoms with E-state index >= 15 is 0 Å².